The van der Waals surface area contributed by atoms with E-state index in [2.05, 4.69) is 27.7 Å². The molecule has 0 aromatic heterocycles. The third-order valence-corrected chi connectivity index (χ3v) is 11.6. The van der Waals surface area contributed by atoms with Crippen LogP contribution < -0.4 is 0 Å². The third kappa shape index (κ3) is 3.29. The fraction of sp³-hybridized carbons (Fsp3) is 1.00. The molecule has 178 valence electrons. The smallest absolute Gasteiger partial charge is 0.0623 e. The van der Waals surface area contributed by atoms with E-state index in [4.69, 9.17) is 4.74 Å². The Bertz CT molecular complexity index is 668. The topological polar surface area (TPSA) is 69.9 Å². The van der Waals surface area contributed by atoms with Crippen molar-refractivity contribution < 1.29 is 20.1 Å². The number of rotatable bonds is 4. The number of hydrogen-bond donors (Lipinski definition) is 3. The van der Waals surface area contributed by atoms with Crippen molar-refractivity contribution in [1.29, 1.82) is 0 Å². The molecule has 4 aliphatic carbocycles. The van der Waals surface area contributed by atoms with Crippen LogP contribution in [-0.4, -0.2) is 46.3 Å². The van der Waals surface area contributed by atoms with E-state index in [1.54, 1.807) is 0 Å². The number of hydrogen-bond acceptors (Lipinski definition) is 4. The second-order valence-corrected chi connectivity index (χ2v) is 12.9. The fourth-order valence-corrected chi connectivity index (χ4v) is 9.85. The molecule has 4 heteroatoms. The zero-order valence-electron chi connectivity index (χ0n) is 20.2. The van der Waals surface area contributed by atoms with Gasteiger partial charge in [0, 0.05) is 6.61 Å². The van der Waals surface area contributed by atoms with Crippen LogP contribution in [0.25, 0.3) is 0 Å². The third-order valence-electron chi connectivity index (χ3n) is 11.6. The molecular formula is C27H46O4. The lowest BCUT2D eigenvalue weighted by Gasteiger charge is -2.62. The van der Waals surface area contributed by atoms with Gasteiger partial charge in [-0.15, -0.1) is 0 Å². The maximum absolute atomic E-state index is 11.1. The van der Waals surface area contributed by atoms with Gasteiger partial charge in [0.15, 0.2) is 0 Å². The van der Waals surface area contributed by atoms with Crippen molar-refractivity contribution in [2.24, 2.45) is 52.3 Å². The van der Waals surface area contributed by atoms with Gasteiger partial charge in [0.25, 0.3) is 0 Å². The van der Waals surface area contributed by atoms with Crippen LogP contribution in [0.2, 0.25) is 0 Å². The summed E-state index contributed by atoms with van der Waals surface area (Å²) in [7, 11) is 0. The normalized spacial score (nSPS) is 57.0. The Balaban J connectivity index is 1.34. The second-order valence-electron chi connectivity index (χ2n) is 12.9. The predicted octanol–water partition coefficient (Wildman–Crippen LogP) is 4.40. The molecule has 13 atom stereocenters. The summed E-state index contributed by atoms with van der Waals surface area (Å²) in [5.41, 5.74) is 0.349. The van der Waals surface area contributed by atoms with E-state index in [9.17, 15) is 15.3 Å². The van der Waals surface area contributed by atoms with E-state index >= 15 is 0 Å². The summed E-state index contributed by atoms with van der Waals surface area (Å²) in [4.78, 5) is 0. The Morgan fingerprint density at radius 2 is 1.81 bits per heavy atom. The molecule has 31 heavy (non-hydrogen) atoms. The lowest BCUT2D eigenvalue weighted by molar-refractivity contribution is -0.182. The standard InChI is InChI=1S/C27H46O4/c1-15(14-28)5-8-22-16(2)25-23(31-22)13-21-19-7-6-17-11-18(29)12-24(30)27(17,4)20(19)9-10-26(21,25)3/h15-25,28-30H,5-14H2,1-4H3/t15-,16+,17-,18-,19+,20-,21-,22+,23-,24+,25-,26-,27-/m0/s1. The van der Waals surface area contributed by atoms with Crippen LogP contribution in [0.3, 0.4) is 0 Å². The minimum atomic E-state index is -0.354. The highest BCUT2D eigenvalue weighted by molar-refractivity contribution is 5.15. The molecule has 4 saturated carbocycles. The van der Waals surface area contributed by atoms with Crippen molar-refractivity contribution in [3.05, 3.63) is 0 Å². The molecule has 0 radical (unpaired) electrons. The number of aliphatic hydroxyl groups excluding tert-OH is 3. The highest BCUT2D eigenvalue weighted by Gasteiger charge is 2.66. The van der Waals surface area contributed by atoms with Crippen LogP contribution in [0.4, 0.5) is 0 Å². The van der Waals surface area contributed by atoms with Crippen molar-refractivity contribution in [2.45, 2.75) is 110 Å². The van der Waals surface area contributed by atoms with Gasteiger partial charge in [0.1, 0.15) is 0 Å². The molecule has 0 amide bonds. The average molecular weight is 435 g/mol. The molecule has 1 heterocycles. The summed E-state index contributed by atoms with van der Waals surface area (Å²) in [6.07, 6.45) is 9.84. The van der Waals surface area contributed by atoms with Crippen molar-refractivity contribution in [3.63, 3.8) is 0 Å². The zero-order valence-corrected chi connectivity index (χ0v) is 20.2. The lowest BCUT2D eigenvalue weighted by Crippen LogP contribution is -2.59. The Morgan fingerprint density at radius 3 is 2.55 bits per heavy atom. The first-order valence-electron chi connectivity index (χ1n) is 13.3. The monoisotopic (exact) mass is 434 g/mol. The molecule has 1 aliphatic heterocycles. The molecule has 0 bridgehead atoms. The predicted molar refractivity (Wildman–Crippen MR) is 121 cm³/mol. The molecule has 5 rings (SSSR count). The number of fused-ring (bicyclic) bond motifs is 7. The quantitative estimate of drug-likeness (QED) is 0.613. The van der Waals surface area contributed by atoms with Gasteiger partial charge in [-0.05, 0) is 110 Å². The molecule has 5 fully saturated rings. The lowest BCUT2D eigenvalue weighted by atomic mass is 9.43. The molecule has 4 nitrogen and oxygen atoms in total. The van der Waals surface area contributed by atoms with E-state index in [0.717, 1.165) is 25.2 Å². The van der Waals surface area contributed by atoms with Gasteiger partial charge in [-0.25, -0.2) is 0 Å². The molecule has 0 spiro atoms. The molecular weight excluding hydrogens is 388 g/mol. The Hall–Kier alpha value is -0.160. The summed E-state index contributed by atoms with van der Waals surface area (Å²) in [6, 6.07) is 0. The van der Waals surface area contributed by atoms with E-state index in [1.165, 1.54) is 32.1 Å². The van der Waals surface area contributed by atoms with E-state index in [-0.39, 0.29) is 24.2 Å². The zero-order chi connectivity index (χ0) is 22.1. The van der Waals surface area contributed by atoms with Gasteiger partial charge in [-0.1, -0.05) is 27.7 Å². The second kappa shape index (κ2) is 7.96. The molecule has 0 unspecified atom stereocenters. The van der Waals surface area contributed by atoms with Crippen molar-refractivity contribution in [2.75, 3.05) is 6.61 Å². The van der Waals surface area contributed by atoms with Crippen LogP contribution in [-0.2, 0) is 4.74 Å². The van der Waals surface area contributed by atoms with Gasteiger partial charge in [0.05, 0.1) is 24.4 Å². The summed E-state index contributed by atoms with van der Waals surface area (Å²) in [5, 5.41) is 30.8. The first-order valence-corrected chi connectivity index (χ1v) is 13.3. The van der Waals surface area contributed by atoms with Crippen LogP contribution in [0.15, 0.2) is 0 Å². The first-order chi connectivity index (χ1) is 14.7. The van der Waals surface area contributed by atoms with Crippen molar-refractivity contribution in [3.8, 4) is 0 Å². The van der Waals surface area contributed by atoms with Gasteiger partial charge < -0.3 is 20.1 Å². The summed E-state index contributed by atoms with van der Waals surface area (Å²) < 4.78 is 6.73. The molecule has 5 aliphatic rings. The average Bonchev–Trinajstić information content (AvgIpc) is 3.20. The number of aliphatic hydroxyl groups is 3. The highest BCUT2D eigenvalue weighted by Crippen LogP contribution is 2.70. The molecule has 0 aromatic carbocycles. The molecule has 3 N–H and O–H groups in total. The van der Waals surface area contributed by atoms with Crippen LogP contribution in [0.1, 0.15) is 85.5 Å². The van der Waals surface area contributed by atoms with E-state index in [1.807, 2.05) is 0 Å². The van der Waals surface area contributed by atoms with Crippen LogP contribution in [0.5, 0.6) is 0 Å². The number of ether oxygens (including phenoxy) is 1. The highest BCUT2D eigenvalue weighted by atomic mass is 16.5. The fourth-order valence-electron chi connectivity index (χ4n) is 9.85. The minimum absolute atomic E-state index is 0.0172. The summed E-state index contributed by atoms with van der Waals surface area (Å²) in [5.74, 6) is 4.14. The van der Waals surface area contributed by atoms with Crippen LogP contribution in [0, 0.1) is 52.3 Å². The maximum atomic E-state index is 11.1. The Labute approximate surface area is 189 Å². The maximum Gasteiger partial charge on any atom is 0.0623 e. The Kier molecular flexibility index (Phi) is 5.81. The van der Waals surface area contributed by atoms with Gasteiger partial charge in [-0.2, -0.15) is 0 Å². The minimum Gasteiger partial charge on any atom is -0.396 e. The van der Waals surface area contributed by atoms with Gasteiger partial charge >= 0.3 is 0 Å². The SMILES string of the molecule is C[C@H](CO)CC[C@H]1O[C@H]2C[C@H]3[C@@H]4CC[C@H]5C[C@H](O)C[C@@H](O)[C@]5(C)[C@H]4CC[C@]3(C)[C@H]2[C@@H]1C. The van der Waals surface area contributed by atoms with Gasteiger partial charge in [-0.3, -0.25) is 0 Å². The van der Waals surface area contributed by atoms with E-state index in [0.29, 0.717) is 59.6 Å². The van der Waals surface area contributed by atoms with Gasteiger partial charge in [0.2, 0.25) is 0 Å². The van der Waals surface area contributed by atoms with E-state index < -0.39 is 0 Å². The molecule has 0 aromatic rings. The Morgan fingerprint density at radius 1 is 1.03 bits per heavy atom. The summed E-state index contributed by atoms with van der Waals surface area (Å²) >= 11 is 0. The first kappa shape index (κ1) is 22.6. The van der Waals surface area contributed by atoms with Crippen molar-refractivity contribution in [1.82, 2.24) is 0 Å². The van der Waals surface area contributed by atoms with Crippen molar-refractivity contribution >= 4 is 0 Å². The molecule has 1 saturated heterocycles. The van der Waals surface area contributed by atoms with Crippen LogP contribution >= 0.6 is 0 Å². The largest absolute Gasteiger partial charge is 0.396 e. The summed E-state index contributed by atoms with van der Waals surface area (Å²) in [6.45, 7) is 9.78.